The first-order valence-corrected chi connectivity index (χ1v) is 14.9. The van der Waals surface area contributed by atoms with E-state index in [4.69, 9.17) is 21.4 Å². The Balaban J connectivity index is 1.60. The lowest BCUT2D eigenvalue weighted by atomic mass is 9.76. The number of aromatic nitrogens is 2. The molecule has 0 saturated heterocycles. The van der Waals surface area contributed by atoms with Crippen LogP contribution in [0.1, 0.15) is 65.2 Å². The van der Waals surface area contributed by atoms with Crippen LogP contribution in [0.25, 0.3) is 22.0 Å². The van der Waals surface area contributed by atoms with Crippen molar-refractivity contribution in [1.29, 1.82) is 0 Å². The third-order valence-electron chi connectivity index (χ3n) is 7.89. The number of carboxylic acids is 1. The Morgan fingerprint density at radius 2 is 1.64 bits per heavy atom. The minimum atomic E-state index is -0.990. The first kappa shape index (κ1) is 31.7. The standard InChI is InChI=1S/C35H32ClF2N3O4/c1-3-4-26(20-5-7-22(8-6-20)35(44)39-16-15-31(42)43)32(21-9-12-25(36)13-10-21)34-27-17-24(19-29(38)33(27)40-41-34)23-11-14-30(45-2)28(37)18-23/h5-14,17-19,26,32H,3-4,15-16H2,1-2H3,(H,39,44)(H,40,41)(H,42,43). The van der Waals surface area contributed by atoms with Gasteiger partial charge >= 0.3 is 5.97 Å². The molecule has 10 heteroatoms. The zero-order valence-electron chi connectivity index (χ0n) is 24.7. The van der Waals surface area contributed by atoms with Crippen LogP contribution in [-0.4, -0.2) is 40.8 Å². The average molecular weight is 632 g/mol. The van der Waals surface area contributed by atoms with Crippen molar-refractivity contribution in [2.24, 2.45) is 0 Å². The van der Waals surface area contributed by atoms with Gasteiger partial charge in [0.05, 0.1) is 19.2 Å². The number of fused-ring (bicyclic) bond motifs is 1. The van der Waals surface area contributed by atoms with Gasteiger partial charge in [-0.05, 0) is 83.1 Å². The zero-order valence-corrected chi connectivity index (χ0v) is 25.5. The lowest BCUT2D eigenvalue weighted by molar-refractivity contribution is -0.136. The Labute approximate surface area is 264 Å². The number of benzene rings is 4. The molecule has 1 amide bonds. The lowest BCUT2D eigenvalue weighted by Crippen LogP contribution is -2.26. The van der Waals surface area contributed by atoms with Crippen LogP contribution in [0.2, 0.25) is 5.02 Å². The summed E-state index contributed by atoms with van der Waals surface area (Å²) in [5, 5.41) is 20.1. The van der Waals surface area contributed by atoms with E-state index in [1.165, 1.54) is 25.3 Å². The summed E-state index contributed by atoms with van der Waals surface area (Å²) in [6, 6.07) is 22.4. The smallest absolute Gasteiger partial charge is 0.305 e. The van der Waals surface area contributed by atoms with Crippen LogP contribution >= 0.6 is 11.6 Å². The summed E-state index contributed by atoms with van der Waals surface area (Å²) in [5.41, 5.74) is 4.14. The summed E-state index contributed by atoms with van der Waals surface area (Å²) >= 11 is 6.26. The number of carboxylic acid groups (broad SMARTS) is 1. The molecule has 4 aromatic carbocycles. The largest absolute Gasteiger partial charge is 0.494 e. The van der Waals surface area contributed by atoms with Crippen molar-refractivity contribution in [1.82, 2.24) is 15.5 Å². The zero-order chi connectivity index (χ0) is 32.1. The van der Waals surface area contributed by atoms with Crippen molar-refractivity contribution in [3.63, 3.8) is 0 Å². The fourth-order valence-electron chi connectivity index (χ4n) is 5.72. The molecule has 1 heterocycles. The molecule has 0 spiro atoms. The van der Waals surface area contributed by atoms with E-state index >= 15 is 4.39 Å². The number of hydrogen-bond donors (Lipinski definition) is 3. The van der Waals surface area contributed by atoms with Crippen LogP contribution < -0.4 is 10.1 Å². The maximum Gasteiger partial charge on any atom is 0.305 e. The van der Waals surface area contributed by atoms with Gasteiger partial charge in [-0.15, -0.1) is 0 Å². The quantitative estimate of drug-likeness (QED) is 0.129. The maximum absolute atomic E-state index is 15.5. The topological polar surface area (TPSA) is 104 Å². The molecule has 7 nitrogen and oxygen atoms in total. The van der Waals surface area contributed by atoms with E-state index in [-0.39, 0.29) is 42.0 Å². The molecule has 2 unspecified atom stereocenters. The van der Waals surface area contributed by atoms with Crippen LogP contribution in [0.15, 0.2) is 78.9 Å². The summed E-state index contributed by atoms with van der Waals surface area (Å²) in [5.74, 6) is -2.78. The second-order valence-corrected chi connectivity index (χ2v) is 11.2. The van der Waals surface area contributed by atoms with Gasteiger partial charge in [0, 0.05) is 28.4 Å². The van der Waals surface area contributed by atoms with E-state index in [1.54, 1.807) is 18.2 Å². The minimum Gasteiger partial charge on any atom is -0.494 e. The Hall–Kier alpha value is -4.76. The van der Waals surface area contributed by atoms with Crippen LogP contribution in [-0.2, 0) is 4.79 Å². The number of amides is 1. The highest BCUT2D eigenvalue weighted by Crippen LogP contribution is 2.44. The van der Waals surface area contributed by atoms with Gasteiger partial charge in [0.1, 0.15) is 5.52 Å². The van der Waals surface area contributed by atoms with Gasteiger partial charge in [-0.1, -0.05) is 55.3 Å². The molecule has 0 saturated carbocycles. The highest BCUT2D eigenvalue weighted by atomic mass is 35.5. The number of aliphatic carboxylic acids is 1. The fourth-order valence-corrected chi connectivity index (χ4v) is 5.84. The Kier molecular flexibility index (Phi) is 9.78. The van der Waals surface area contributed by atoms with E-state index in [1.807, 2.05) is 42.5 Å². The minimum absolute atomic E-state index is 0.0294. The number of ether oxygens (including phenoxy) is 1. The molecular formula is C35H32ClF2N3O4. The van der Waals surface area contributed by atoms with E-state index in [0.717, 1.165) is 24.0 Å². The first-order chi connectivity index (χ1) is 21.7. The van der Waals surface area contributed by atoms with Crippen LogP contribution in [0.3, 0.4) is 0 Å². The number of nitrogens with zero attached hydrogens (tertiary/aromatic N) is 1. The van der Waals surface area contributed by atoms with Crippen LogP contribution in [0.4, 0.5) is 8.78 Å². The number of aromatic amines is 1. The van der Waals surface area contributed by atoms with Crippen molar-refractivity contribution in [3.05, 3.63) is 118 Å². The third kappa shape index (κ3) is 6.99. The number of methoxy groups -OCH3 is 1. The molecule has 0 aliphatic heterocycles. The number of H-pyrrole nitrogens is 1. The van der Waals surface area contributed by atoms with Crippen molar-refractivity contribution >= 4 is 34.4 Å². The Bertz CT molecular complexity index is 1820. The number of halogens is 3. The van der Waals surface area contributed by atoms with Gasteiger partial charge in [0.2, 0.25) is 0 Å². The highest BCUT2D eigenvalue weighted by molar-refractivity contribution is 6.30. The molecule has 5 rings (SSSR count). The molecular weight excluding hydrogens is 600 g/mol. The van der Waals surface area contributed by atoms with Crippen LogP contribution in [0.5, 0.6) is 5.75 Å². The predicted octanol–water partition coefficient (Wildman–Crippen LogP) is 8.09. The number of rotatable bonds is 12. The van der Waals surface area contributed by atoms with E-state index in [9.17, 15) is 14.0 Å². The summed E-state index contributed by atoms with van der Waals surface area (Å²) in [4.78, 5) is 23.4. The van der Waals surface area contributed by atoms with Gasteiger partial charge in [-0.2, -0.15) is 5.10 Å². The van der Waals surface area contributed by atoms with Gasteiger partial charge in [-0.3, -0.25) is 14.7 Å². The van der Waals surface area contributed by atoms with E-state index in [0.29, 0.717) is 32.8 Å². The van der Waals surface area contributed by atoms with E-state index < -0.39 is 17.6 Å². The van der Waals surface area contributed by atoms with Crippen LogP contribution in [0, 0.1) is 11.6 Å². The lowest BCUT2D eigenvalue weighted by Gasteiger charge is -2.28. The van der Waals surface area contributed by atoms with Gasteiger partial charge in [0.15, 0.2) is 17.4 Å². The molecule has 2 atom stereocenters. The predicted molar refractivity (Wildman–Crippen MR) is 170 cm³/mol. The Morgan fingerprint density at radius 3 is 2.29 bits per heavy atom. The van der Waals surface area contributed by atoms with Crippen molar-refractivity contribution < 1.29 is 28.2 Å². The van der Waals surface area contributed by atoms with Gasteiger partial charge in [-0.25, -0.2) is 8.78 Å². The summed E-state index contributed by atoms with van der Waals surface area (Å²) < 4.78 is 35.2. The summed E-state index contributed by atoms with van der Waals surface area (Å²) in [6.45, 7) is 2.11. The van der Waals surface area contributed by atoms with Crippen molar-refractivity contribution in [2.75, 3.05) is 13.7 Å². The maximum atomic E-state index is 15.5. The van der Waals surface area contributed by atoms with E-state index in [2.05, 4.69) is 22.4 Å². The number of hydrogen-bond acceptors (Lipinski definition) is 4. The number of carbonyl (C=O) groups is 2. The summed E-state index contributed by atoms with van der Waals surface area (Å²) in [7, 11) is 1.38. The molecule has 0 radical (unpaired) electrons. The number of carbonyl (C=O) groups excluding carboxylic acids is 1. The normalized spacial score (nSPS) is 12.6. The monoisotopic (exact) mass is 631 g/mol. The molecule has 3 N–H and O–H groups in total. The molecule has 0 aliphatic rings. The fraction of sp³-hybridized carbons (Fsp3) is 0.229. The van der Waals surface area contributed by atoms with Crippen molar-refractivity contribution in [2.45, 2.75) is 38.0 Å². The molecule has 1 aromatic heterocycles. The van der Waals surface area contributed by atoms with Gasteiger partial charge < -0.3 is 15.2 Å². The second-order valence-electron chi connectivity index (χ2n) is 10.8. The van der Waals surface area contributed by atoms with Crippen molar-refractivity contribution in [3.8, 4) is 16.9 Å². The first-order valence-electron chi connectivity index (χ1n) is 14.6. The Morgan fingerprint density at radius 1 is 0.956 bits per heavy atom. The second kappa shape index (κ2) is 13.9. The number of nitrogens with one attached hydrogen (secondary N) is 2. The molecule has 45 heavy (non-hydrogen) atoms. The molecule has 232 valence electrons. The highest BCUT2D eigenvalue weighted by Gasteiger charge is 2.30. The molecule has 0 bridgehead atoms. The van der Waals surface area contributed by atoms with Gasteiger partial charge in [0.25, 0.3) is 5.91 Å². The molecule has 5 aromatic rings. The SMILES string of the molecule is CCCC(c1ccc(C(=O)NCCC(=O)O)cc1)C(c1ccc(Cl)cc1)c1[nH]nc2c(F)cc(-c3ccc(OC)c(F)c3)cc12. The third-order valence-corrected chi connectivity index (χ3v) is 8.15. The average Bonchev–Trinajstić information content (AvgIpc) is 3.45. The molecule has 0 aliphatic carbocycles. The summed E-state index contributed by atoms with van der Waals surface area (Å²) in [6.07, 6.45) is 1.42. The molecule has 0 fully saturated rings.